The highest BCUT2D eigenvalue weighted by molar-refractivity contribution is 7.92. The molecule has 180 valence electrons. The van der Waals surface area contributed by atoms with Crippen molar-refractivity contribution in [1.29, 1.82) is 0 Å². The first-order chi connectivity index (χ1) is 16.0. The summed E-state index contributed by atoms with van der Waals surface area (Å²) >= 11 is 0. The zero-order valence-electron chi connectivity index (χ0n) is 18.8. The van der Waals surface area contributed by atoms with Crippen LogP contribution >= 0.6 is 0 Å². The summed E-state index contributed by atoms with van der Waals surface area (Å²) in [6.45, 7) is 3.18. The van der Waals surface area contributed by atoms with Crippen LogP contribution in [0.15, 0.2) is 76.5 Å². The highest BCUT2D eigenvalue weighted by Crippen LogP contribution is 2.22. The van der Waals surface area contributed by atoms with Gasteiger partial charge in [0, 0.05) is 5.69 Å². The van der Waals surface area contributed by atoms with Gasteiger partial charge < -0.3 is 10.1 Å². The number of para-hydroxylation sites is 1. The summed E-state index contributed by atoms with van der Waals surface area (Å²) in [7, 11) is -6.14. The van der Waals surface area contributed by atoms with Crippen LogP contribution in [0.4, 0.5) is 11.4 Å². The number of anilines is 2. The number of hydrogen-bond acceptors (Lipinski definition) is 6. The lowest BCUT2D eigenvalue weighted by molar-refractivity contribution is -0.118. The largest absolute Gasteiger partial charge is 0.484 e. The molecule has 0 aliphatic heterocycles. The van der Waals surface area contributed by atoms with E-state index in [0.29, 0.717) is 22.7 Å². The van der Waals surface area contributed by atoms with Crippen LogP contribution in [0.2, 0.25) is 0 Å². The van der Waals surface area contributed by atoms with Crippen molar-refractivity contribution in [2.24, 2.45) is 0 Å². The number of rotatable bonds is 9. The second kappa shape index (κ2) is 10.2. The predicted octanol–water partition coefficient (Wildman–Crippen LogP) is 3.03. The summed E-state index contributed by atoms with van der Waals surface area (Å²) in [5.74, 6) is -0.201. The van der Waals surface area contributed by atoms with Crippen molar-refractivity contribution < 1.29 is 26.4 Å². The number of ether oxygens (including phenoxy) is 1. The molecular formula is C23H25N3O6S2. The Morgan fingerprint density at radius 3 is 2.06 bits per heavy atom. The standard InChI is InChI=1S/C23H25N3O6S2/c1-16-6-4-5-7-21(16)26-34(30,31)19-12-9-18(10-13-19)32-15-23(27)25-22-14-20(11-8-17(22)2)33(28,29)24-3/h4-14,24,26H,15H2,1-3H3,(H,25,27). The van der Waals surface area contributed by atoms with Gasteiger partial charge in [-0.1, -0.05) is 24.3 Å². The zero-order valence-corrected chi connectivity index (χ0v) is 20.5. The van der Waals surface area contributed by atoms with E-state index in [1.807, 2.05) is 6.07 Å². The molecule has 3 aromatic rings. The van der Waals surface area contributed by atoms with E-state index in [1.54, 1.807) is 38.1 Å². The highest BCUT2D eigenvalue weighted by atomic mass is 32.2. The summed E-state index contributed by atoms with van der Waals surface area (Å²) in [5, 5.41) is 2.62. The van der Waals surface area contributed by atoms with Gasteiger partial charge in [-0.15, -0.1) is 0 Å². The molecule has 0 fully saturated rings. The van der Waals surface area contributed by atoms with E-state index in [-0.39, 0.29) is 16.4 Å². The van der Waals surface area contributed by atoms with Crippen LogP contribution in [0.25, 0.3) is 0 Å². The second-order valence-corrected chi connectivity index (χ2v) is 11.0. The number of carbonyl (C=O) groups is 1. The third-order valence-corrected chi connectivity index (χ3v) is 7.75. The molecule has 3 rings (SSSR count). The molecule has 9 nitrogen and oxygen atoms in total. The maximum atomic E-state index is 12.6. The highest BCUT2D eigenvalue weighted by Gasteiger charge is 2.16. The van der Waals surface area contributed by atoms with Gasteiger partial charge in [0.15, 0.2) is 6.61 Å². The zero-order chi connectivity index (χ0) is 24.9. The van der Waals surface area contributed by atoms with Crippen LogP contribution in [-0.4, -0.2) is 36.4 Å². The smallest absolute Gasteiger partial charge is 0.262 e. The molecule has 34 heavy (non-hydrogen) atoms. The Morgan fingerprint density at radius 1 is 0.794 bits per heavy atom. The van der Waals surface area contributed by atoms with E-state index in [9.17, 15) is 21.6 Å². The molecule has 0 heterocycles. The third-order valence-electron chi connectivity index (χ3n) is 4.96. The van der Waals surface area contributed by atoms with E-state index in [0.717, 1.165) is 5.56 Å². The fourth-order valence-electron chi connectivity index (χ4n) is 2.96. The van der Waals surface area contributed by atoms with E-state index in [2.05, 4.69) is 14.8 Å². The number of benzene rings is 3. The van der Waals surface area contributed by atoms with E-state index < -0.39 is 26.0 Å². The molecule has 0 atom stereocenters. The molecular weight excluding hydrogens is 478 g/mol. The Kier molecular flexibility index (Phi) is 7.60. The van der Waals surface area contributed by atoms with E-state index >= 15 is 0 Å². The van der Waals surface area contributed by atoms with E-state index in [4.69, 9.17) is 4.74 Å². The van der Waals surface area contributed by atoms with Gasteiger partial charge in [0.1, 0.15) is 5.75 Å². The van der Waals surface area contributed by atoms with Crippen LogP contribution in [0.1, 0.15) is 11.1 Å². The first-order valence-corrected chi connectivity index (χ1v) is 13.1. The normalized spacial score (nSPS) is 11.6. The van der Waals surface area contributed by atoms with Gasteiger partial charge in [0.2, 0.25) is 10.0 Å². The monoisotopic (exact) mass is 503 g/mol. The predicted molar refractivity (Wildman–Crippen MR) is 130 cm³/mol. The Morgan fingerprint density at radius 2 is 1.41 bits per heavy atom. The van der Waals surface area contributed by atoms with Crippen LogP contribution in [0, 0.1) is 13.8 Å². The average molecular weight is 504 g/mol. The van der Waals surface area contributed by atoms with Crippen molar-refractivity contribution in [3.05, 3.63) is 77.9 Å². The van der Waals surface area contributed by atoms with Crippen LogP contribution in [-0.2, 0) is 24.8 Å². The molecule has 0 saturated heterocycles. The summed E-state index contributed by atoms with van der Waals surface area (Å²) in [4.78, 5) is 12.4. The van der Waals surface area contributed by atoms with Gasteiger partial charge >= 0.3 is 0 Å². The Labute approximate surface area is 199 Å². The molecule has 0 unspecified atom stereocenters. The van der Waals surface area contributed by atoms with Crippen molar-refractivity contribution in [3.63, 3.8) is 0 Å². The molecule has 0 spiro atoms. The maximum Gasteiger partial charge on any atom is 0.262 e. The van der Waals surface area contributed by atoms with E-state index in [1.165, 1.54) is 43.4 Å². The lowest BCUT2D eigenvalue weighted by Gasteiger charge is -2.12. The minimum Gasteiger partial charge on any atom is -0.484 e. The van der Waals surface area contributed by atoms with Gasteiger partial charge in [-0.05, 0) is 74.5 Å². The van der Waals surface area contributed by atoms with Crippen molar-refractivity contribution in [1.82, 2.24) is 4.72 Å². The quantitative estimate of drug-likeness (QED) is 0.411. The fourth-order valence-corrected chi connectivity index (χ4v) is 4.85. The van der Waals surface area contributed by atoms with Gasteiger partial charge in [0.25, 0.3) is 15.9 Å². The minimum absolute atomic E-state index is 0.0212. The van der Waals surface area contributed by atoms with Crippen LogP contribution in [0.3, 0.4) is 0 Å². The summed E-state index contributed by atoms with van der Waals surface area (Å²) in [6, 6.07) is 17.1. The fraction of sp³-hybridized carbons (Fsp3) is 0.174. The van der Waals surface area contributed by atoms with Crippen molar-refractivity contribution in [2.75, 3.05) is 23.7 Å². The molecule has 1 amide bonds. The molecule has 0 bridgehead atoms. The molecule has 3 N–H and O–H groups in total. The second-order valence-electron chi connectivity index (χ2n) is 7.41. The summed E-state index contributed by atoms with van der Waals surface area (Å²) in [6.07, 6.45) is 0. The van der Waals surface area contributed by atoms with Crippen molar-refractivity contribution >= 4 is 37.3 Å². The first kappa shape index (κ1) is 25.2. The molecule has 0 saturated carbocycles. The van der Waals surface area contributed by atoms with Crippen molar-refractivity contribution in [3.8, 4) is 5.75 Å². The lowest BCUT2D eigenvalue weighted by Crippen LogP contribution is -2.22. The number of sulfonamides is 2. The lowest BCUT2D eigenvalue weighted by atomic mass is 10.2. The van der Waals surface area contributed by atoms with Gasteiger partial charge in [-0.25, -0.2) is 21.6 Å². The number of hydrogen-bond donors (Lipinski definition) is 3. The average Bonchev–Trinajstić information content (AvgIpc) is 2.80. The molecule has 0 aliphatic carbocycles. The molecule has 0 aromatic heterocycles. The Hall–Kier alpha value is -3.41. The molecule has 3 aromatic carbocycles. The number of carbonyl (C=O) groups excluding carboxylic acids is 1. The van der Waals surface area contributed by atoms with Crippen molar-refractivity contribution in [2.45, 2.75) is 23.6 Å². The summed E-state index contributed by atoms with van der Waals surface area (Å²) in [5.41, 5.74) is 2.30. The molecule has 0 aliphatic rings. The van der Waals surface area contributed by atoms with Crippen LogP contribution < -0.4 is 19.5 Å². The van der Waals surface area contributed by atoms with Gasteiger partial charge in [0.05, 0.1) is 15.5 Å². The third kappa shape index (κ3) is 6.13. The Balaban J connectivity index is 1.63. The van der Waals surface area contributed by atoms with Gasteiger partial charge in [-0.2, -0.15) is 0 Å². The number of amides is 1. The van der Waals surface area contributed by atoms with Gasteiger partial charge in [-0.3, -0.25) is 9.52 Å². The first-order valence-electron chi connectivity index (χ1n) is 10.2. The SMILES string of the molecule is CNS(=O)(=O)c1ccc(C)c(NC(=O)COc2ccc(S(=O)(=O)Nc3ccccc3C)cc2)c1. The Bertz CT molecular complexity index is 1400. The molecule has 11 heteroatoms. The summed E-state index contributed by atoms with van der Waals surface area (Å²) < 4.78 is 59.4. The van der Waals surface area contributed by atoms with Crippen LogP contribution in [0.5, 0.6) is 5.75 Å². The minimum atomic E-state index is -3.79. The maximum absolute atomic E-state index is 12.6. The topological polar surface area (TPSA) is 131 Å². The molecule has 0 radical (unpaired) electrons. The number of nitrogens with one attached hydrogen (secondary N) is 3. The number of aryl methyl sites for hydroxylation is 2.